The molecule has 0 bridgehead atoms. The number of amides is 2. The van der Waals surface area contributed by atoms with Crippen LogP contribution in [0.15, 0.2) is 97.7 Å². The van der Waals surface area contributed by atoms with Crippen LogP contribution in [0, 0.1) is 0 Å². The number of unbranched alkanes of at least 4 members (excludes halogenated alkanes) is 2. The summed E-state index contributed by atoms with van der Waals surface area (Å²) in [5.74, 6) is -0.685. The first-order valence-corrected chi connectivity index (χ1v) is 22.1. The van der Waals surface area contributed by atoms with E-state index in [0.717, 1.165) is 85.1 Å². The van der Waals surface area contributed by atoms with Gasteiger partial charge in [0.1, 0.15) is 12.0 Å². The molecule has 1 aliphatic heterocycles. The molecule has 1 saturated heterocycles. The monoisotopic (exact) mass is 896 g/mol. The van der Waals surface area contributed by atoms with Crippen LogP contribution in [0.3, 0.4) is 0 Å². The second kappa shape index (κ2) is 21.8. The Hall–Kier alpha value is -5.10. The largest absolute Gasteiger partial charge is 0.383 e. The van der Waals surface area contributed by atoms with E-state index in [2.05, 4.69) is 39.0 Å². The normalized spacial score (nSPS) is 14.1. The lowest BCUT2D eigenvalue weighted by Gasteiger charge is -2.38. The van der Waals surface area contributed by atoms with E-state index in [1.165, 1.54) is 0 Å². The summed E-state index contributed by atoms with van der Waals surface area (Å²) < 4.78 is 5.16. The predicted octanol–water partition coefficient (Wildman–Crippen LogP) is 11.1. The molecule has 1 aromatic heterocycles. The average Bonchev–Trinajstić information content (AvgIpc) is 3.65. The molecule has 0 saturated carbocycles. The lowest BCUT2D eigenvalue weighted by molar-refractivity contribution is -0.107. The third-order valence-corrected chi connectivity index (χ3v) is 12.5. The lowest BCUT2D eigenvalue weighted by Crippen LogP contribution is -2.44. The summed E-state index contributed by atoms with van der Waals surface area (Å²) in [5.41, 5.74) is 6.71. The molecular formula is C49H55Cl3N6O4. The van der Waals surface area contributed by atoms with E-state index in [-0.39, 0.29) is 11.9 Å². The van der Waals surface area contributed by atoms with Gasteiger partial charge < -0.3 is 39.8 Å². The molecule has 3 N–H and O–H groups in total. The summed E-state index contributed by atoms with van der Waals surface area (Å²) in [6, 6.07) is 26.5. The molecule has 326 valence electrons. The van der Waals surface area contributed by atoms with Gasteiger partial charge in [-0.15, -0.1) is 0 Å². The molecule has 0 spiro atoms. The van der Waals surface area contributed by atoms with Crippen LogP contribution < -0.4 is 15.5 Å². The number of hydrogen-bond acceptors (Lipinski definition) is 7. The number of methoxy groups -OCH3 is 1. The highest BCUT2D eigenvalue weighted by Gasteiger charge is 2.31. The van der Waals surface area contributed by atoms with Crippen molar-refractivity contribution in [3.05, 3.63) is 141 Å². The molecule has 5 aromatic rings. The third-order valence-electron chi connectivity index (χ3n) is 11.7. The van der Waals surface area contributed by atoms with Crippen molar-refractivity contribution in [1.82, 2.24) is 20.1 Å². The molecule has 6 rings (SSSR count). The number of anilines is 2. The van der Waals surface area contributed by atoms with Crippen molar-refractivity contribution in [2.45, 2.75) is 58.0 Å². The molecule has 0 aliphatic carbocycles. The zero-order valence-electron chi connectivity index (χ0n) is 35.8. The fourth-order valence-corrected chi connectivity index (χ4v) is 9.02. The van der Waals surface area contributed by atoms with Crippen molar-refractivity contribution in [3.63, 3.8) is 0 Å². The van der Waals surface area contributed by atoms with Gasteiger partial charge in [-0.1, -0.05) is 83.8 Å². The van der Waals surface area contributed by atoms with Gasteiger partial charge in [0, 0.05) is 76.3 Å². The van der Waals surface area contributed by atoms with Crippen molar-refractivity contribution in [3.8, 4) is 0 Å². The van der Waals surface area contributed by atoms with E-state index in [9.17, 15) is 9.59 Å². The van der Waals surface area contributed by atoms with Gasteiger partial charge in [-0.25, -0.2) is 0 Å². The highest BCUT2D eigenvalue weighted by atomic mass is 35.5. The van der Waals surface area contributed by atoms with E-state index >= 15 is 4.79 Å². The Kier molecular flexibility index (Phi) is 16.3. The quantitative estimate of drug-likeness (QED) is 0.0559. The van der Waals surface area contributed by atoms with Crippen LogP contribution in [0.1, 0.15) is 89.5 Å². The number of hydrogen-bond donors (Lipinski definition) is 3. The minimum atomic E-state index is -0.407. The number of rotatable bonds is 19. The minimum Gasteiger partial charge on any atom is -0.383 e. The molecule has 2 amide bonds. The standard InChI is InChI=1S/C49H55Cl3N6O4/c1-6-58(33(3)39-18-16-36(50)30-41(39)52)47(32(2)34-13-9-7-10-14-34)45-40-19-17-37(51)31-42(40)54-46(45)49(61)55-43-29-35(48(60)53-23-28-62-5)15-20-44(43)57-25-21-38(22-26-57)56(4)24-11-8-12-27-59/h6-7,9-10,13-20,27,29-31,33,38,54H,1,8,11-12,21-26,28H2,2-5H3,(H,53,60)(H,55,61)/b47-32+. The highest BCUT2D eigenvalue weighted by Crippen LogP contribution is 2.43. The van der Waals surface area contributed by atoms with Crippen LogP contribution in [0.5, 0.6) is 0 Å². The van der Waals surface area contributed by atoms with Crippen molar-refractivity contribution < 1.29 is 19.1 Å². The Bertz CT molecular complexity index is 2410. The van der Waals surface area contributed by atoms with Gasteiger partial charge >= 0.3 is 0 Å². The number of benzene rings is 4. The zero-order valence-corrected chi connectivity index (χ0v) is 38.0. The Morgan fingerprint density at radius 3 is 2.37 bits per heavy atom. The van der Waals surface area contributed by atoms with E-state index in [1.54, 1.807) is 31.5 Å². The summed E-state index contributed by atoms with van der Waals surface area (Å²) in [7, 11) is 3.73. The number of carbonyl (C=O) groups excluding carboxylic acids is 3. The van der Waals surface area contributed by atoms with Crippen LogP contribution in [0.4, 0.5) is 11.4 Å². The van der Waals surface area contributed by atoms with Gasteiger partial charge in [0.05, 0.1) is 29.7 Å². The highest BCUT2D eigenvalue weighted by molar-refractivity contribution is 6.35. The van der Waals surface area contributed by atoms with Crippen LogP contribution in [-0.4, -0.2) is 85.9 Å². The zero-order chi connectivity index (χ0) is 44.3. The van der Waals surface area contributed by atoms with E-state index in [4.69, 9.17) is 39.5 Å². The summed E-state index contributed by atoms with van der Waals surface area (Å²) >= 11 is 19.8. The number of allylic oxidation sites excluding steroid dienone is 1. The Labute approximate surface area is 379 Å². The van der Waals surface area contributed by atoms with Crippen LogP contribution in [0.2, 0.25) is 15.1 Å². The van der Waals surface area contributed by atoms with Crippen molar-refractivity contribution in [1.29, 1.82) is 0 Å². The van der Waals surface area contributed by atoms with E-state index in [1.807, 2.05) is 85.5 Å². The van der Waals surface area contributed by atoms with E-state index < -0.39 is 5.91 Å². The Morgan fingerprint density at radius 2 is 1.68 bits per heavy atom. The van der Waals surface area contributed by atoms with Gasteiger partial charge in [0.2, 0.25) is 0 Å². The molecule has 1 aliphatic rings. The van der Waals surface area contributed by atoms with Gasteiger partial charge in [0.15, 0.2) is 0 Å². The van der Waals surface area contributed by atoms with Gasteiger partial charge in [-0.2, -0.15) is 0 Å². The number of aromatic nitrogens is 1. The second-order valence-electron chi connectivity index (χ2n) is 15.6. The maximum atomic E-state index is 15.2. The minimum absolute atomic E-state index is 0.278. The SMILES string of the molecule is C=CN(/C(=C(\C)c1ccccc1)c1c(C(=O)Nc2cc(C(=O)NCCOC)ccc2N2CCC(N(C)CCCCC=O)CC2)[nH]c2cc(Cl)ccc12)C(C)c1ccc(Cl)cc1Cl. The third kappa shape index (κ3) is 10.9. The number of aromatic amines is 1. The fourth-order valence-electron chi connectivity index (χ4n) is 8.28. The molecule has 13 heteroatoms. The molecule has 1 fully saturated rings. The van der Waals surface area contributed by atoms with Gasteiger partial charge in [0.25, 0.3) is 11.8 Å². The summed E-state index contributed by atoms with van der Waals surface area (Å²) in [6.07, 6.45) is 7.02. The van der Waals surface area contributed by atoms with E-state index in [0.29, 0.717) is 68.7 Å². The first kappa shape index (κ1) is 46.4. The predicted molar refractivity (Wildman–Crippen MR) is 256 cm³/mol. The van der Waals surface area contributed by atoms with Gasteiger partial charge in [-0.3, -0.25) is 9.59 Å². The summed E-state index contributed by atoms with van der Waals surface area (Å²) in [6.45, 7) is 11.5. The molecule has 62 heavy (non-hydrogen) atoms. The van der Waals surface area contributed by atoms with Crippen LogP contribution >= 0.6 is 34.8 Å². The Morgan fingerprint density at radius 1 is 0.952 bits per heavy atom. The molecule has 4 aromatic carbocycles. The van der Waals surface area contributed by atoms with Crippen molar-refractivity contribution in [2.24, 2.45) is 0 Å². The average molecular weight is 898 g/mol. The maximum Gasteiger partial charge on any atom is 0.272 e. The second-order valence-corrected chi connectivity index (χ2v) is 16.9. The van der Waals surface area contributed by atoms with Crippen LogP contribution in [-0.2, 0) is 9.53 Å². The van der Waals surface area contributed by atoms with Gasteiger partial charge in [-0.05, 0) is 118 Å². The number of carbonyl (C=O) groups is 3. The smallest absolute Gasteiger partial charge is 0.272 e. The maximum absolute atomic E-state index is 15.2. The summed E-state index contributed by atoms with van der Waals surface area (Å²) in [4.78, 5) is 49.5. The first-order chi connectivity index (χ1) is 29.9. The molecular weight excluding hydrogens is 843 g/mol. The van der Waals surface area contributed by atoms with Crippen molar-refractivity contribution in [2.75, 3.05) is 57.2 Å². The molecule has 2 heterocycles. The number of halogens is 3. The van der Waals surface area contributed by atoms with Crippen LogP contribution in [0.25, 0.3) is 22.2 Å². The number of nitrogens with zero attached hydrogens (tertiary/aromatic N) is 3. The topological polar surface area (TPSA) is 110 Å². The summed E-state index contributed by atoms with van der Waals surface area (Å²) in [5, 5.41) is 8.47. The number of piperidine rings is 1. The Balaban J connectivity index is 1.44. The molecule has 0 radical (unpaired) electrons. The number of fused-ring (bicyclic) bond motifs is 1. The van der Waals surface area contributed by atoms with Crippen molar-refractivity contribution >= 4 is 86.5 Å². The number of H-pyrrole nitrogens is 1. The number of aldehydes is 1. The first-order valence-electron chi connectivity index (χ1n) is 21.0. The lowest BCUT2D eigenvalue weighted by atomic mass is 9.95. The molecule has 1 unspecified atom stereocenters. The molecule has 10 nitrogen and oxygen atoms in total. The fraction of sp³-hybridized carbons (Fsp3) is 0.327. The number of ether oxygens (including phenoxy) is 1. The number of nitrogens with one attached hydrogen (secondary N) is 3. The molecule has 1 atom stereocenters.